The molecule has 1 amide bonds. The van der Waals surface area contributed by atoms with Crippen molar-refractivity contribution in [3.8, 4) is 0 Å². The highest BCUT2D eigenvalue weighted by Crippen LogP contribution is 2.29. The molecule has 4 aromatic rings. The topological polar surface area (TPSA) is 33.2 Å². The van der Waals surface area contributed by atoms with Crippen molar-refractivity contribution in [3.05, 3.63) is 102 Å². The quantitative estimate of drug-likeness (QED) is 0.445. The zero-order valence-electron chi connectivity index (χ0n) is 15.6. The van der Waals surface area contributed by atoms with Crippen LogP contribution in [0.3, 0.4) is 0 Å². The number of hydrogen-bond donors (Lipinski definition) is 0. The van der Waals surface area contributed by atoms with Crippen molar-refractivity contribution in [2.24, 2.45) is 0 Å². The summed E-state index contributed by atoms with van der Waals surface area (Å²) in [6.45, 7) is 0.550. The van der Waals surface area contributed by atoms with Crippen LogP contribution in [0, 0.1) is 0 Å². The van der Waals surface area contributed by atoms with Crippen LogP contribution in [-0.4, -0.2) is 22.8 Å². The van der Waals surface area contributed by atoms with Crippen molar-refractivity contribution >= 4 is 28.4 Å². The van der Waals surface area contributed by atoms with Gasteiger partial charge in [0.15, 0.2) is 0 Å². The fourth-order valence-electron chi connectivity index (χ4n) is 3.12. The molecular weight excluding hydrogens is 364 g/mol. The van der Waals surface area contributed by atoms with Crippen LogP contribution in [0.4, 0.5) is 0 Å². The number of benzene rings is 3. The van der Waals surface area contributed by atoms with E-state index in [1.807, 2.05) is 61.6 Å². The maximum Gasteiger partial charge on any atom is 0.256 e. The molecule has 28 heavy (non-hydrogen) atoms. The van der Waals surface area contributed by atoms with Crippen molar-refractivity contribution in [2.45, 2.75) is 16.5 Å². The van der Waals surface area contributed by atoms with Gasteiger partial charge in [-0.05, 0) is 46.7 Å². The minimum Gasteiger partial charge on any atom is -0.337 e. The first kappa shape index (κ1) is 18.3. The van der Waals surface area contributed by atoms with E-state index < -0.39 is 0 Å². The summed E-state index contributed by atoms with van der Waals surface area (Å²) in [5, 5.41) is 3.11. The van der Waals surface area contributed by atoms with Gasteiger partial charge in [0.05, 0.1) is 5.56 Å². The predicted octanol–water partition coefficient (Wildman–Crippen LogP) is 5.66. The van der Waals surface area contributed by atoms with Gasteiger partial charge in [-0.1, -0.05) is 66.4 Å². The number of rotatable bonds is 5. The van der Waals surface area contributed by atoms with Crippen molar-refractivity contribution in [2.75, 3.05) is 7.05 Å². The van der Waals surface area contributed by atoms with Gasteiger partial charge in [-0.25, -0.2) is 4.98 Å². The average Bonchev–Trinajstić information content (AvgIpc) is 2.74. The molecule has 0 aliphatic rings. The first-order chi connectivity index (χ1) is 13.7. The van der Waals surface area contributed by atoms with Crippen LogP contribution in [0.25, 0.3) is 10.8 Å². The number of hydrogen-bond acceptors (Lipinski definition) is 3. The second-order valence-electron chi connectivity index (χ2n) is 6.61. The van der Waals surface area contributed by atoms with Gasteiger partial charge in [0.25, 0.3) is 5.91 Å². The second kappa shape index (κ2) is 8.28. The molecule has 3 nitrogen and oxygen atoms in total. The van der Waals surface area contributed by atoms with E-state index in [1.54, 1.807) is 11.1 Å². The van der Waals surface area contributed by atoms with Crippen LogP contribution in [0.15, 0.2) is 101 Å². The van der Waals surface area contributed by atoms with Crippen LogP contribution in [0.1, 0.15) is 15.9 Å². The Morgan fingerprint density at radius 2 is 1.64 bits per heavy atom. The van der Waals surface area contributed by atoms with E-state index in [4.69, 9.17) is 0 Å². The highest BCUT2D eigenvalue weighted by molar-refractivity contribution is 7.99. The van der Waals surface area contributed by atoms with Gasteiger partial charge >= 0.3 is 0 Å². The summed E-state index contributed by atoms with van der Waals surface area (Å²) >= 11 is 1.51. The first-order valence-electron chi connectivity index (χ1n) is 9.12. The molecule has 0 aliphatic heterocycles. The predicted molar refractivity (Wildman–Crippen MR) is 115 cm³/mol. The number of fused-ring (bicyclic) bond motifs is 1. The van der Waals surface area contributed by atoms with E-state index in [1.165, 1.54) is 22.5 Å². The summed E-state index contributed by atoms with van der Waals surface area (Å²) < 4.78 is 0. The number of aromatic nitrogens is 1. The molecule has 0 saturated heterocycles. The summed E-state index contributed by atoms with van der Waals surface area (Å²) in [6.07, 6.45) is 1.73. The molecule has 0 radical (unpaired) electrons. The summed E-state index contributed by atoms with van der Waals surface area (Å²) in [5.41, 5.74) is 1.73. The lowest BCUT2D eigenvalue weighted by molar-refractivity contribution is 0.0781. The second-order valence-corrected chi connectivity index (χ2v) is 7.68. The zero-order valence-corrected chi connectivity index (χ0v) is 16.4. The normalized spacial score (nSPS) is 10.8. The Labute approximate surface area is 169 Å². The van der Waals surface area contributed by atoms with E-state index in [0.717, 1.165) is 15.5 Å². The molecule has 138 valence electrons. The third kappa shape index (κ3) is 4.07. The Kier molecular flexibility index (Phi) is 5.40. The molecule has 0 saturated carbocycles. The molecule has 0 spiro atoms. The number of pyridine rings is 1. The minimum atomic E-state index is -0.0281. The van der Waals surface area contributed by atoms with Gasteiger partial charge in [0.1, 0.15) is 5.03 Å². The van der Waals surface area contributed by atoms with Gasteiger partial charge in [-0.2, -0.15) is 0 Å². The fraction of sp³-hybridized carbons (Fsp3) is 0.0833. The lowest BCUT2D eigenvalue weighted by Gasteiger charge is -2.19. The number of carbonyl (C=O) groups is 1. The molecule has 0 unspecified atom stereocenters. The third-order valence-electron chi connectivity index (χ3n) is 4.54. The Bertz CT molecular complexity index is 1110. The van der Waals surface area contributed by atoms with E-state index in [-0.39, 0.29) is 5.91 Å². The van der Waals surface area contributed by atoms with Crippen molar-refractivity contribution < 1.29 is 4.79 Å². The molecular formula is C24H20N2OS. The van der Waals surface area contributed by atoms with Crippen LogP contribution in [0.2, 0.25) is 0 Å². The van der Waals surface area contributed by atoms with Gasteiger partial charge in [0, 0.05) is 24.7 Å². The minimum absolute atomic E-state index is 0.0281. The maximum absolute atomic E-state index is 13.1. The molecule has 3 aromatic carbocycles. The Morgan fingerprint density at radius 1 is 0.893 bits per heavy atom. The van der Waals surface area contributed by atoms with Crippen LogP contribution in [0.5, 0.6) is 0 Å². The first-order valence-corrected chi connectivity index (χ1v) is 9.93. The molecule has 0 bridgehead atoms. The Hall–Kier alpha value is -3.11. The molecule has 0 atom stereocenters. The summed E-state index contributed by atoms with van der Waals surface area (Å²) in [7, 11) is 1.83. The van der Waals surface area contributed by atoms with Crippen LogP contribution >= 0.6 is 11.8 Å². The lowest BCUT2D eigenvalue weighted by atomic mass is 10.1. The maximum atomic E-state index is 13.1. The molecule has 0 N–H and O–H groups in total. The SMILES string of the molecule is CN(Cc1ccc2ccccc2c1)C(=O)c1cccnc1Sc1ccccc1. The molecule has 0 aliphatic carbocycles. The fourth-order valence-corrected chi connectivity index (χ4v) is 4.02. The van der Waals surface area contributed by atoms with E-state index in [9.17, 15) is 4.79 Å². The third-order valence-corrected chi connectivity index (χ3v) is 5.57. The average molecular weight is 385 g/mol. The molecule has 1 heterocycles. The Morgan fingerprint density at radius 3 is 2.46 bits per heavy atom. The number of amides is 1. The number of nitrogens with zero attached hydrogens (tertiary/aromatic N) is 2. The van der Waals surface area contributed by atoms with Crippen LogP contribution in [-0.2, 0) is 6.54 Å². The van der Waals surface area contributed by atoms with Crippen molar-refractivity contribution in [3.63, 3.8) is 0 Å². The summed E-state index contributed by atoms with van der Waals surface area (Å²) in [4.78, 5) is 20.3. The molecule has 0 fully saturated rings. The highest BCUT2D eigenvalue weighted by Gasteiger charge is 2.17. The van der Waals surface area contributed by atoms with Gasteiger partial charge in [-0.3, -0.25) is 4.79 Å². The molecule has 1 aromatic heterocycles. The standard InChI is InChI=1S/C24H20N2OS/c1-26(17-18-13-14-19-8-5-6-9-20(19)16-18)24(27)22-12-7-15-25-23(22)28-21-10-3-2-4-11-21/h2-16H,17H2,1H3. The van der Waals surface area contributed by atoms with Gasteiger partial charge < -0.3 is 4.90 Å². The van der Waals surface area contributed by atoms with Crippen LogP contribution < -0.4 is 0 Å². The van der Waals surface area contributed by atoms with Gasteiger partial charge in [-0.15, -0.1) is 0 Å². The van der Waals surface area contributed by atoms with E-state index in [2.05, 4.69) is 35.3 Å². The highest BCUT2D eigenvalue weighted by atomic mass is 32.2. The largest absolute Gasteiger partial charge is 0.337 e. The monoisotopic (exact) mass is 384 g/mol. The van der Waals surface area contributed by atoms with E-state index >= 15 is 0 Å². The number of carbonyl (C=O) groups excluding carboxylic acids is 1. The van der Waals surface area contributed by atoms with E-state index in [0.29, 0.717) is 12.1 Å². The summed E-state index contributed by atoms with van der Waals surface area (Å²) in [5.74, 6) is -0.0281. The van der Waals surface area contributed by atoms with Crippen molar-refractivity contribution in [1.29, 1.82) is 0 Å². The lowest BCUT2D eigenvalue weighted by Crippen LogP contribution is -2.26. The summed E-state index contributed by atoms with van der Waals surface area (Å²) in [6, 6.07) is 28.2. The smallest absolute Gasteiger partial charge is 0.256 e. The van der Waals surface area contributed by atoms with Crippen molar-refractivity contribution in [1.82, 2.24) is 9.88 Å². The Balaban J connectivity index is 1.55. The van der Waals surface area contributed by atoms with Gasteiger partial charge in [0.2, 0.25) is 0 Å². The zero-order chi connectivity index (χ0) is 19.3. The molecule has 4 heteroatoms. The molecule has 4 rings (SSSR count).